The van der Waals surface area contributed by atoms with Gasteiger partial charge in [-0.2, -0.15) is 0 Å². The number of rotatable bonds is 4. The Bertz CT molecular complexity index is 683. The quantitative estimate of drug-likeness (QED) is 0.608. The first-order valence-corrected chi connectivity index (χ1v) is 8.89. The maximum Gasteiger partial charge on any atom is 1.00 e. The molecule has 0 bridgehead atoms. The van der Waals surface area contributed by atoms with Crippen molar-refractivity contribution in [3.63, 3.8) is 0 Å². The molecule has 0 spiro atoms. The van der Waals surface area contributed by atoms with E-state index in [1.165, 1.54) is 0 Å². The fourth-order valence-electron chi connectivity index (χ4n) is 3.49. The average molecular weight is 328 g/mol. The maximum atomic E-state index is 12.2. The summed E-state index contributed by atoms with van der Waals surface area (Å²) < 4.78 is 24.3. The maximum absolute atomic E-state index is 12.2. The summed E-state index contributed by atoms with van der Waals surface area (Å²) >= 11 is 0. The van der Waals surface area contributed by atoms with Gasteiger partial charge in [0.1, 0.15) is 10.0 Å². The van der Waals surface area contributed by atoms with Crippen LogP contribution in [0.4, 0.5) is 0 Å². The molecule has 1 aromatic rings. The predicted octanol–water partition coefficient (Wildman–Crippen LogP) is 0.874. The zero-order valence-corrected chi connectivity index (χ0v) is 16.5. The molecule has 4 nitrogen and oxygen atoms in total. The van der Waals surface area contributed by atoms with Crippen LogP contribution in [0.1, 0.15) is 38.7 Å². The molecular weight excluding hydrogens is 307 g/mol. The van der Waals surface area contributed by atoms with Gasteiger partial charge in [0.2, 0.25) is 0 Å². The second-order valence-electron chi connectivity index (χ2n) is 6.61. The van der Waals surface area contributed by atoms with Crippen LogP contribution in [0.25, 0.3) is 4.83 Å². The smallest absolute Gasteiger partial charge is 0.491 e. The molecule has 0 heterocycles. The van der Waals surface area contributed by atoms with Gasteiger partial charge >= 0.3 is 29.6 Å². The van der Waals surface area contributed by atoms with Gasteiger partial charge in [0.25, 0.3) is 0 Å². The topological polar surface area (TPSA) is 60.6 Å². The van der Waals surface area contributed by atoms with Gasteiger partial charge < -0.3 is 9.93 Å². The van der Waals surface area contributed by atoms with Crippen molar-refractivity contribution in [2.75, 3.05) is 0 Å². The fraction of sp³-hybridized carbons (Fsp3) is 0.562. The normalized spacial score (nSPS) is 28.4. The van der Waals surface area contributed by atoms with Crippen molar-refractivity contribution in [1.82, 2.24) is 0 Å². The summed E-state index contributed by atoms with van der Waals surface area (Å²) in [5.41, 5.74) is 2.37. The number of fused-ring (bicyclic) bond motifs is 1. The Morgan fingerprint density at radius 3 is 2.41 bits per heavy atom. The molecular formula is C16H21N2NaO2S. The second kappa shape index (κ2) is 6.27. The molecule has 0 amide bonds. The number of hydrogen-bond acceptors (Lipinski definition) is 3. The standard InChI is InChI=1S/C16H21N2O2S.Na/c1-11(2)16-9-8-15(14(16)10-16)17-18-21(19,20)13-6-4-12(3)5-7-13;/h4-7,11,14H,8-10H2,1-3H3;/q-1;+1/b17-15+;/t14-,16-;/m1./s1. The zero-order chi connectivity index (χ0) is 15.3. The fourth-order valence-corrected chi connectivity index (χ4v) is 4.28. The SMILES string of the molecule is Cc1ccc(S(=O)(=O)[N-]/N=C2\CC[C@]3(C(C)C)C[C@H]23)cc1.[Na+]. The predicted molar refractivity (Wildman–Crippen MR) is 83.8 cm³/mol. The van der Waals surface area contributed by atoms with Crippen LogP contribution < -0.4 is 29.6 Å². The molecule has 2 aliphatic rings. The van der Waals surface area contributed by atoms with Crippen molar-refractivity contribution < 1.29 is 38.0 Å². The molecule has 6 heteroatoms. The van der Waals surface area contributed by atoms with E-state index in [-0.39, 0.29) is 34.5 Å². The van der Waals surface area contributed by atoms with Gasteiger partial charge in [0, 0.05) is 5.92 Å². The Hall–Kier alpha value is -0.360. The molecule has 0 N–H and O–H groups in total. The van der Waals surface area contributed by atoms with E-state index in [9.17, 15) is 8.42 Å². The summed E-state index contributed by atoms with van der Waals surface area (Å²) in [6, 6.07) is 6.71. The first-order chi connectivity index (χ1) is 9.85. The third kappa shape index (κ3) is 3.14. The first kappa shape index (κ1) is 18.0. The van der Waals surface area contributed by atoms with Crippen LogP contribution in [-0.2, 0) is 10.0 Å². The number of hydrogen-bond donors (Lipinski definition) is 0. The van der Waals surface area contributed by atoms with E-state index in [0.29, 0.717) is 17.3 Å². The molecule has 114 valence electrons. The second-order valence-corrected chi connectivity index (χ2v) is 8.19. The van der Waals surface area contributed by atoms with E-state index in [1.54, 1.807) is 24.3 Å². The summed E-state index contributed by atoms with van der Waals surface area (Å²) in [5.74, 6) is 1.08. The van der Waals surface area contributed by atoms with E-state index in [4.69, 9.17) is 0 Å². The molecule has 0 radical (unpaired) electrons. The minimum absolute atomic E-state index is 0. The van der Waals surface area contributed by atoms with Crippen molar-refractivity contribution in [2.24, 2.45) is 22.4 Å². The van der Waals surface area contributed by atoms with Crippen molar-refractivity contribution >= 4 is 15.7 Å². The molecule has 3 rings (SSSR count). The summed E-state index contributed by atoms with van der Waals surface area (Å²) in [6.07, 6.45) is 3.15. The minimum atomic E-state index is -3.67. The van der Waals surface area contributed by atoms with Gasteiger partial charge in [-0.05, 0) is 55.4 Å². The molecule has 0 unspecified atom stereocenters. The number of nitrogens with zero attached hydrogens (tertiary/aromatic N) is 2. The van der Waals surface area contributed by atoms with Gasteiger partial charge in [-0.3, -0.25) is 0 Å². The first-order valence-electron chi connectivity index (χ1n) is 7.45. The number of benzene rings is 1. The van der Waals surface area contributed by atoms with E-state index in [0.717, 1.165) is 30.5 Å². The third-order valence-electron chi connectivity index (χ3n) is 5.11. The van der Waals surface area contributed by atoms with Gasteiger partial charge in [-0.1, -0.05) is 31.5 Å². The summed E-state index contributed by atoms with van der Waals surface area (Å²) in [7, 11) is -3.67. The van der Waals surface area contributed by atoms with Crippen LogP contribution in [0.5, 0.6) is 0 Å². The van der Waals surface area contributed by atoms with Crippen LogP contribution in [0.15, 0.2) is 34.3 Å². The van der Waals surface area contributed by atoms with Crippen LogP contribution in [-0.4, -0.2) is 14.1 Å². The molecule has 0 saturated heterocycles. The van der Waals surface area contributed by atoms with Crippen molar-refractivity contribution in [3.05, 3.63) is 34.7 Å². The summed E-state index contributed by atoms with van der Waals surface area (Å²) in [5, 5.41) is 4.10. The molecule has 0 aromatic heterocycles. The van der Waals surface area contributed by atoms with Crippen molar-refractivity contribution in [1.29, 1.82) is 0 Å². The third-order valence-corrected chi connectivity index (χ3v) is 6.28. The minimum Gasteiger partial charge on any atom is -0.491 e. The molecule has 2 aliphatic carbocycles. The Kier molecular flexibility index (Phi) is 5.12. The Balaban J connectivity index is 0.00000176. The summed E-state index contributed by atoms with van der Waals surface area (Å²) in [4.78, 5) is 3.88. The largest absolute Gasteiger partial charge is 1.00 e. The number of aryl methyl sites for hydroxylation is 1. The molecule has 22 heavy (non-hydrogen) atoms. The average Bonchev–Trinajstić information content (AvgIpc) is 3.07. The van der Waals surface area contributed by atoms with Crippen LogP contribution in [0.2, 0.25) is 0 Å². The van der Waals surface area contributed by atoms with E-state index < -0.39 is 10.0 Å². The van der Waals surface area contributed by atoms with E-state index in [2.05, 4.69) is 23.8 Å². The molecule has 1 aromatic carbocycles. The monoisotopic (exact) mass is 328 g/mol. The Morgan fingerprint density at radius 1 is 1.27 bits per heavy atom. The van der Waals surface area contributed by atoms with Crippen molar-refractivity contribution in [2.45, 2.75) is 44.9 Å². The molecule has 2 fully saturated rings. The number of sulfonamides is 1. The molecule has 2 saturated carbocycles. The van der Waals surface area contributed by atoms with Crippen LogP contribution in [0, 0.1) is 24.2 Å². The molecule has 2 atom stereocenters. The van der Waals surface area contributed by atoms with E-state index in [1.807, 2.05) is 6.92 Å². The van der Waals surface area contributed by atoms with Crippen LogP contribution in [0.3, 0.4) is 0 Å². The Labute approximate surface area is 155 Å². The van der Waals surface area contributed by atoms with Gasteiger partial charge in [0.15, 0.2) is 0 Å². The van der Waals surface area contributed by atoms with Gasteiger partial charge in [0.05, 0.1) is 4.90 Å². The summed E-state index contributed by atoms with van der Waals surface area (Å²) in [6.45, 7) is 6.40. The van der Waals surface area contributed by atoms with E-state index >= 15 is 0 Å². The van der Waals surface area contributed by atoms with Gasteiger partial charge in [-0.25, -0.2) is 8.42 Å². The van der Waals surface area contributed by atoms with Crippen molar-refractivity contribution in [3.8, 4) is 0 Å². The Morgan fingerprint density at radius 2 is 1.91 bits per heavy atom. The molecule has 0 aliphatic heterocycles. The van der Waals surface area contributed by atoms with Gasteiger partial charge in [-0.15, -0.1) is 0 Å². The zero-order valence-electron chi connectivity index (χ0n) is 13.7. The van der Waals surface area contributed by atoms with Crippen LogP contribution >= 0.6 is 0 Å².